The fourth-order valence-corrected chi connectivity index (χ4v) is 6.32. The first-order valence-corrected chi connectivity index (χ1v) is 14.5. The Balaban J connectivity index is 2.00. The van der Waals surface area contributed by atoms with Crippen molar-refractivity contribution in [3.8, 4) is 36.4 Å². The molecule has 3 aromatic rings. The molecule has 0 N–H and O–H groups in total. The maximum atomic E-state index is 17.1. The van der Waals surface area contributed by atoms with Gasteiger partial charge in [-0.3, -0.25) is 0 Å². The van der Waals surface area contributed by atoms with Gasteiger partial charge in [0, 0.05) is 44.5 Å². The molecule has 56 heavy (non-hydrogen) atoms. The van der Waals surface area contributed by atoms with Crippen LogP contribution in [0.1, 0.15) is 55.6 Å². The molecule has 2 aliphatic carbocycles. The molecule has 0 fully saturated rings. The summed E-state index contributed by atoms with van der Waals surface area (Å²) in [6.07, 6.45) is -22.8. The largest absolute Gasteiger partial charge is 0.417 e. The van der Waals surface area contributed by atoms with Crippen molar-refractivity contribution < 1.29 is 61.5 Å². The average Bonchev–Trinajstić information content (AvgIpc) is 3.64. The zero-order valence-electron chi connectivity index (χ0n) is 26.4. The van der Waals surface area contributed by atoms with E-state index in [1.807, 2.05) is 0 Å². The van der Waals surface area contributed by atoms with Gasteiger partial charge in [-0.05, 0) is 35.4 Å². The van der Waals surface area contributed by atoms with E-state index in [0.29, 0.717) is 12.1 Å². The van der Waals surface area contributed by atoms with E-state index in [1.54, 1.807) is 0 Å². The Hall–Kier alpha value is -7.42. The number of benzene rings is 3. The Morgan fingerprint density at radius 3 is 0.929 bits per heavy atom. The van der Waals surface area contributed by atoms with Crippen LogP contribution in [0, 0.1) is 79.6 Å². The van der Waals surface area contributed by atoms with E-state index in [9.17, 15) is 84.3 Å². The summed E-state index contributed by atoms with van der Waals surface area (Å²) < 4.78 is 199. The molecule has 0 heterocycles. The van der Waals surface area contributed by atoms with Gasteiger partial charge in [0.2, 0.25) is 0 Å². The van der Waals surface area contributed by atoms with Gasteiger partial charge in [-0.15, -0.1) is 0 Å². The van der Waals surface area contributed by atoms with Gasteiger partial charge in [0.25, 0.3) is 0 Å². The second-order valence-electron chi connectivity index (χ2n) is 11.3. The summed E-state index contributed by atoms with van der Waals surface area (Å²) in [5.41, 5.74) is -26.4. The lowest BCUT2D eigenvalue weighted by molar-refractivity contribution is -0.162. The highest BCUT2D eigenvalue weighted by atomic mass is 19.4. The molecule has 20 heteroatoms. The van der Waals surface area contributed by atoms with Crippen LogP contribution in [0.25, 0.3) is 33.4 Å². The smallest absolute Gasteiger partial charge is 0.206 e. The van der Waals surface area contributed by atoms with Gasteiger partial charge in [-0.25, -0.2) is 8.78 Å². The highest BCUT2D eigenvalue weighted by Gasteiger charge is 2.48. The molecule has 0 amide bonds. The van der Waals surface area contributed by atoms with Crippen LogP contribution in [0.4, 0.5) is 61.5 Å². The minimum absolute atomic E-state index is 0.110. The lowest BCUT2D eigenvalue weighted by Crippen LogP contribution is -2.16. The molecule has 5 rings (SSSR count). The maximum absolute atomic E-state index is 17.1. The number of hydrogen-bond donors (Lipinski definition) is 0. The summed E-state index contributed by atoms with van der Waals surface area (Å²) in [6, 6.07) is 7.59. The Kier molecular flexibility index (Phi) is 9.35. The fraction of sp³-hybridized carbons (Fsp3) is 0.111. The van der Waals surface area contributed by atoms with E-state index in [-0.39, 0.29) is 24.3 Å². The summed E-state index contributed by atoms with van der Waals surface area (Å²) in [6.45, 7) is 0. The number of rotatable bonds is 2. The maximum Gasteiger partial charge on any atom is 0.417 e. The first-order chi connectivity index (χ1) is 25.9. The molecule has 0 bridgehead atoms. The van der Waals surface area contributed by atoms with Gasteiger partial charge in [0.15, 0.2) is 0 Å². The molecule has 0 saturated carbocycles. The number of fused-ring (bicyclic) bond motifs is 2. The Morgan fingerprint density at radius 1 is 0.411 bits per heavy atom. The fourth-order valence-electron chi connectivity index (χ4n) is 6.32. The summed E-state index contributed by atoms with van der Waals surface area (Å²) in [4.78, 5) is 0. The first kappa shape index (κ1) is 39.8. The number of allylic oxidation sites excluding steroid dienone is 8. The van der Waals surface area contributed by atoms with Gasteiger partial charge >= 0.3 is 24.7 Å². The van der Waals surface area contributed by atoms with Crippen molar-refractivity contribution in [2.45, 2.75) is 24.7 Å². The minimum atomic E-state index is -5.77. The molecule has 2 aliphatic rings. The third kappa shape index (κ3) is 6.04. The van der Waals surface area contributed by atoms with Crippen molar-refractivity contribution in [3.05, 3.63) is 115 Å². The second-order valence-corrected chi connectivity index (χ2v) is 11.3. The average molecular weight is 788 g/mol. The molecule has 3 aromatic carbocycles. The van der Waals surface area contributed by atoms with Crippen molar-refractivity contribution >= 4 is 33.4 Å². The van der Waals surface area contributed by atoms with Gasteiger partial charge in [-0.1, -0.05) is 12.1 Å². The summed E-state index contributed by atoms with van der Waals surface area (Å²) in [5, 5.41) is 59.5. The van der Waals surface area contributed by atoms with Crippen molar-refractivity contribution in [2.75, 3.05) is 0 Å². The third-order valence-electron chi connectivity index (χ3n) is 8.39. The number of hydrogen-bond acceptors (Lipinski definition) is 6. The van der Waals surface area contributed by atoms with Gasteiger partial charge < -0.3 is 0 Å². The Bertz CT molecular complexity index is 2490. The molecular formula is C36H6F14N6. The minimum Gasteiger partial charge on any atom is -0.206 e. The third-order valence-corrected chi connectivity index (χ3v) is 8.39. The molecular weight excluding hydrogens is 782 g/mol. The Morgan fingerprint density at radius 2 is 0.696 bits per heavy atom. The molecule has 278 valence electrons. The number of nitriles is 6. The number of halogens is 14. The molecule has 0 spiro atoms. The first-order valence-electron chi connectivity index (χ1n) is 14.5. The van der Waals surface area contributed by atoms with Crippen LogP contribution in [0.15, 0.2) is 47.5 Å². The highest BCUT2D eigenvalue weighted by molar-refractivity contribution is 6.30. The van der Waals surface area contributed by atoms with Crippen LogP contribution in [-0.4, -0.2) is 0 Å². The van der Waals surface area contributed by atoms with Crippen LogP contribution in [0.5, 0.6) is 0 Å². The lowest BCUT2D eigenvalue weighted by Gasteiger charge is -2.18. The number of alkyl halides is 12. The van der Waals surface area contributed by atoms with Crippen LogP contribution in [0.3, 0.4) is 0 Å². The van der Waals surface area contributed by atoms with Crippen molar-refractivity contribution in [2.24, 2.45) is 0 Å². The normalized spacial score (nSPS) is 13.9. The summed E-state index contributed by atoms with van der Waals surface area (Å²) >= 11 is 0. The van der Waals surface area contributed by atoms with Crippen LogP contribution in [0.2, 0.25) is 0 Å². The van der Waals surface area contributed by atoms with Gasteiger partial charge in [0.05, 0.1) is 33.4 Å². The van der Waals surface area contributed by atoms with E-state index in [1.165, 1.54) is 36.4 Å². The van der Waals surface area contributed by atoms with E-state index in [0.717, 1.165) is 0 Å². The topological polar surface area (TPSA) is 143 Å². The van der Waals surface area contributed by atoms with Crippen molar-refractivity contribution in [1.29, 1.82) is 31.6 Å². The Labute approximate surface area is 302 Å². The molecule has 6 nitrogen and oxygen atoms in total. The van der Waals surface area contributed by atoms with Gasteiger partial charge in [-0.2, -0.15) is 84.3 Å². The number of nitrogens with zero attached hydrogens (tertiary/aromatic N) is 6. The lowest BCUT2D eigenvalue weighted by atomic mass is 9.88. The summed E-state index contributed by atoms with van der Waals surface area (Å²) in [7, 11) is 0. The van der Waals surface area contributed by atoms with Gasteiger partial charge in [0.1, 0.15) is 59.2 Å². The predicted molar refractivity (Wildman–Crippen MR) is 160 cm³/mol. The molecule has 0 saturated heterocycles. The second kappa shape index (κ2) is 13.2. The molecule has 0 radical (unpaired) electrons. The molecule has 0 unspecified atom stereocenters. The molecule has 0 aliphatic heterocycles. The molecule has 0 aromatic heterocycles. The monoisotopic (exact) mass is 788 g/mol. The van der Waals surface area contributed by atoms with E-state index in [4.69, 9.17) is 0 Å². The van der Waals surface area contributed by atoms with Crippen LogP contribution >= 0.6 is 0 Å². The highest BCUT2D eigenvalue weighted by Crippen LogP contribution is 2.58. The quantitative estimate of drug-likeness (QED) is 0.187. The predicted octanol–water partition coefficient (Wildman–Crippen LogP) is 10.5. The zero-order valence-corrected chi connectivity index (χ0v) is 26.4. The summed E-state index contributed by atoms with van der Waals surface area (Å²) in [5.74, 6) is -3.91. The van der Waals surface area contributed by atoms with Crippen LogP contribution < -0.4 is 0 Å². The van der Waals surface area contributed by atoms with Crippen molar-refractivity contribution in [1.82, 2.24) is 0 Å². The zero-order chi connectivity index (χ0) is 42.0. The standard InChI is InChI=1S/C36H6F14N6/c37-31-27-17(11-55)23(13-1-3-19(33(39,40)41)21(5-13)35(45,46)47)25(15(7-51)8-52)29(27)32(38)28-18(12-56)24(26(30(28)31)16(9-53)10-54)14-2-4-20(34(42,43)44)22(6-14)36(48,49)50/h1-6H. The van der Waals surface area contributed by atoms with Crippen molar-refractivity contribution in [3.63, 3.8) is 0 Å². The molecule has 0 atom stereocenters. The van der Waals surface area contributed by atoms with Crippen LogP contribution in [-0.2, 0) is 24.7 Å². The van der Waals surface area contributed by atoms with E-state index >= 15 is 8.78 Å². The van der Waals surface area contributed by atoms with E-state index < -0.39 is 137 Å². The van der Waals surface area contributed by atoms with E-state index in [2.05, 4.69) is 0 Å². The SMILES string of the molecule is N#CC(C#N)=C1C(c2ccc(C(F)(F)F)c(C(F)(F)F)c2)=C(C#N)c2c(F)c3c(c(F)c21)C(C#N)=C(c1ccc(C(F)(F)F)c(C(F)(F)F)c1)C3=C(C#N)C#N.